The van der Waals surface area contributed by atoms with Gasteiger partial charge in [-0.25, -0.2) is 9.18 Å². The number of halogens is 1. The van der Waals surface area contributed by atoms with Gasteiger partial charge in [-0.3, -0.25) is 4.79 Å². The number of ether oxygens (including phenoxy) is 1. The number of aliphatic hydroxyl groups is 1. The Bertz CT molecular complexity index is 1440. The average molecular weight is 522 g/mol. The zero-order chi connectivity index (χ0) is 27.6. The second-order valence-electron chi connectivity index (χ2n) is 12.2. The number of hydrogen-bond donors (Lipinski definition) is 3. The van der Waals surface area contributed by atoms with E-state index in [1.165, 1.54) is 6.07 Å². The van der Waals surface area contributed by atoms with Crippen molar-refractivity contribution in [1.82, 2.24) is 9.88 Å². The second kappa shape index (κ2) is 9.12. The highest BCUT2D eigenvalue weighted by atomic mass is 19.1. The SMILES string of the molecule is CC(C)(C)OC(=O)N1CCc2c(cccc2-c2c(F)cc(C(N)=O)c3[nH]c4c(c23)CC[C@H](C(C)(C)O)C4)C1. The maximum atomic E-state index is 16.0. The number of carbonyl (C=O) groups is 2. The molecule has 1 aliphatic heterocycles. The van der Waals surface area contributed by atoms with E-state index >= 15 is 4.39 Å². The van der Waals surface area contributed by atoms with Gasteiger partial charge in [0.2, 0.25) is 0 Å². The fourth-order valence-corrected chi connectivity index (χ4v) is 5.96. The molecular weight excluding hydrogens is 485 g/mol. The number of amides is 2. The fraction of sp³-hybridized carbons (Fsp3) is 0.467. The van der Waals surface area contributed by atoms with E-state index in [9.17, 15) is 14.7 Å². The summed E-state index contributed by atoms with van der Waals surface area (Å²) in [4.78, 5) is 30.1. The molecule has 0 saturated carbocycles. The topological polar surface area (TPSA) is 109 Å². The number of nitrogens with one attached hydrogen (secondary N) is 1. The smallest absolute Gasteiger partial charge is 0.410 e. The molecular formula is C30H36FN3O4. The van der Waals surface area contributed by atoms with Crippen LogP contribution in [0, 0.1) is 11.7 Å². The molecule has 38 heavy (non-hydrogen) atoms. The summed E-state index contributed by atoms with van der Waals surface area (Å²) >= 11 is 0. The van der Waals surface area contributed by atoms with Gasteiger partial charge in [0.1, 0.15) is 11.4 Å². The molecule has 0 unspecified atom stereocenters. The third kappa shape index (κ3) is 4.66. The Morgan fingerprint density at radius 2 is 1.89 bits per heavy atom. The third-order valence-electron chi connectivity index (χ3n) is 7.87. The molecule has 202 valence electrons. The van der Waals surface area contributed by atoms with Gasteiger partial charge in [0.05, 0.1) is 16.7 Å². The summed E-state index contributed by atoms with van der Waals surface area (Å²) in [6, 6.07) is 6.97. The number of rotatable bonds is 3. The van der Waals surface area contributed by atoms with Gasteiger partial charge in [-0.05, 0) is 94.5 Å². The van der Waals surface area contributed by atoms with Crippen LogP contribution in [0.1, 0.15) is 73.8 Å². The summed E-state index contributed by atoms with van der Waals surface area (Å²) in [5, 5.41) is 11.3. The summed E-state index contributed by atoms with van der Waals surface area (Å²) in [5.74, 6) is -1.15. The van der Waals surface area contributed by atoms with E-state index < -0.39 is 22.9 Å². The van der Waals surface area contributed by atoms with Crippen molar-refractivity contribution < 1.29 is 23.8 Å². The number of aromatic nitrogens is 1. The number of H-pyrrole nitrogens is 1. The molecule has 8 heteroatoms. The van der Waals surface area contributed by atoms with Gasteiger partial charge in [-0.2, -0.15) is 0 Å². The van der Waals surface area contributed by atoms with Crippen LogP contribution >= 0.6 is 0 Å². The van der Waals surface area contributed by atoms with Crippen LogP contribution in [0.15, 0.2) is 24.3 Å². The van der Waals surface area contributed by atoms with Crippen LogP contribution in [-0.2, 0) is 30.5 Å². The molecule has 0 fully saturated rings. The molecule has 2 heterocycles. The monoisotopic (exact) mass is 521 g/mol. The van der Waals surface area contributed by atoms with Crippen molar-refractivity contribution in [2.75, 3.05) is 6.54 Å². The lowest BCUT2D eigenvalue weighted by Gasteiger charge is -2.33. The minimum atomic E-state index is -0.853. The number of aromatic amines is 1. The molecule has 1 atom stereocenters. The lowest BCUT2D eigenvalue weighted by molar-refractivity contribution is 0.0107. The minimum Gasteiger partial charge on any atom is -0.444 e. The number of fused-ring (bicyclic) bond motifs is 4. The predicted molar refractivity (Wildman–Crippen MR) is 144 cm³/mol. The summed E-state index contributed by atoms with van der Waals surface area (Å²) < 4.78 is 21.5. The number of nitrogens with zero attached hydrogens (tertiary/aromatic N) is 1. The third-order valence-corrected chi connectivity index (χ3v) is 7.87. The number of carbonyl (C=O) groups excluding carboxylic acids is 2. The Hall–Kier alpha value is -3.39. The van der Waals surface area contributed by atoms with E-state index in [2.05, 4.69) is 4.98 Å². The molecule has 5 rings (SSSR count). The van der Waals surface area contributed by atoms with Gasteiger partial charge in [0.25, 0.3) is 5.91 Å². The number of hydrogen-bond acceptors (Lipinski definition) is 4. The van der Waals surface area contributed by atoms with E-state index in [1.807, 2.05) is 52.8 Å². The van der Waals surface area contributed by atoms with Crippen LogP contribution < -0.4 is 5.73 Å². The van der Waals surface area contributed by atoms with Gasteiger partial charge < -0.3 is 25.5 Å². The maximum absolute atomic E-state index is 16.0. The normalized spacial score (nSPS) is 17.8. The zero-order valence-electron chi connectivity index (χ0n) is 22.7. The van der Waals surface area contributed by atoms with Crippen molar-refractivity contribution in [2.45, 2.75) is 78.0 Å². The van der Waals surface area contributed by atoms with Crippen LogP contribution in [0.25, 0.3) is 22.0 Å². The van der Waals surface area contributed by atoms with Gasteiger partial charge in [-0.15, -0.1) is 0 Å². The molecule has 2 aliphatic rings. The average Bonchev–Trinajstić information content (AvgIpc) is 3.20. The van der Waals surface area contributed by atoms with E-state index in [0.717, 1.165) is 34.4 Å². The number of benzene rings is 2. The number of nitrogens with two attached hydrogens (primary N) is 1. The summed E-state index contributed by atoms with van der Waals surface area (Å²) in [7, 11) is 0. The lowest BCUT2D eigenvalue weighted by atomic mass is 9.77. The fourth-order valence-electron chi connectivity index (χ4n) is 5.96. The van der Waals surface area contributed by atoms with Crippen molar-refractivity contribution in [1.29, 1.82) is 0 Å². The first-order chi connectivity index (χ1) is 17.7. The molecule has 2 aromatic carbocycles. The van der Waals surface area contributed by atoms with Crippen molar-refractivity contribution in [2.24, 2.45) is 11.7 Å². The Morgan fingerprint density at radius 1 is 1.16 bits per heavy atom. The van der Waals surface area contributed by atoms with Crippen LogP contribution in [0.2, 0.25) is 0 Å². The number of aryl methyl sites for hydroxylation is 1. The zero-order valence-corrected chi connectivity index (χ0v) is 22.7. The molecule has 0 saturated heterocycles. The first-order valence-corrected chi connectivity index (χ1v) is 13.2. The molecule has 0 spiro atoms. The van der Waals surface area contributed by atoms with Crippen molar-refractivity contribution >= 4 is 22.9 Å². The molecule has 0 bridgehead atoms. The highest BCUT2D eigenvalue weighted by Gasteiger charge is 2.35. The Kier molecular flexibility index (Phi) is 6.29. The van der Waals surface area contributed by atoms with Crippen LogP contribution in [0.4, 0.5) is 9.18 Å². The molecule has 2 amide bonds. The Labute approximate surface area is 222 Å². The minimum absolute atomic E-state index is 0.0386. The highest BCUT2D eigenvalue weighted by Crippen LogP contribution is 2.44. The molecule has 1 aromatic heterocycles. The standard InChI is InChI=1S/C30H36FN3O4/c1-29(2,3)38-28(36)34-12-11-18-16(15-34)7-6-8-19(18)24-22(31)14-21(27(32)35)26-25(24)20-10-9-17(30(4,5)37)13-23(20)33-26/h6-8,14,17,33,37H,9-13,15H2,1-5H3,(H2,32,35)/t17-/m0/s1. The van der Waals surface area contributed by atoms with Crippen molar-refractivity contribution in [3.63, 3.8) is 0 Å². The molecule has 3 aromatic rings. The largest absolute Gasteiger partial charge is 0.444 e. The lowest BCUT2D eigenvalue weighted by Crippen LogP contribution is -2.40. The molecule has 7 nitrogen and oxygen atoms in total. The van der Waals surface area contributed by atoms with Gasteiger partial charge in [-0.1, -0.05) is 18.2 Å². The second-order valence-corrected chi connectivity index (χ2v) is 12.2. The van der Waals surface area contributed by atoms with E-state index in [0.29, 0.717) is 48.8 Å². The quantitative estimate of drug-likeness (QED) is 0.438. The Balaban J connectivity index is 1.63. The van der Waals surface area contributed by atoms with Gasteiger partial charge in [0.15, 0.2) is 0 Å². The van der Waals surface area contributed by atoms with Crippen LogP contribution in [0.5, 0.6) is 0 Å². The molecule has 0 radical (unpaired) electrons. The van der Waals surface area contributed by atoms with Gasteiger partial charge in [0, 0.05) is 29.7 Å². The van der Waals surface area contributed by atoms with E-state index in [4.69, 9.17) is 10.5 Å². The maximum Gasteiger partial charge on any atom is 0.410 e. The predicted octanol–water partition coefficient (Wildman–Crippen LogP) is 5.24. The van der Waals surface area contributed by atoms with Crippen molar-refractivity contribution in [3.05, 3.63) is 58.0 Å². The Morgan fingerprint density at radius 3 is 2.55 bits per heavy atom. The summed E-state index contributed by atoms with van der Waals surface area (Å²) in [6.07, 6.45) is 2.19. The molecule has 4 N–H and O–H groups in total. The summed E-state index contributed by atoms with van der Waals surface area (Å²) in [5.41, 5.74) is 9.92. The first kappa shape index (κ1) is 26.2. The highest BCUT2D eigenvalue weighted by molar-refractivity contribution is 6.11. The van der Waals surface area contributed by atoms with E-state index in [1.54, 1.807) is 4.90 Å². The number of primary amides is 1. The first-order valence-electron chi connectivity index (χ1n) is 13.2. The molecule has 1 aliphatic carbocycles. The summed E-state index contributed by atoms with van der Waals surface area (Å²) in [6.45, 7) is 9.97. The van der Waals surface area contributed by atoms with Crippen LogP contribution in [0.3, 0.4) is 0 Å². The van der Waals surface area contributed by atoms with Crippen molar-refractivity contribution in [3.8, 4) is 11.1 Å². The van der Waals surface area contributed by atoms with Gasteiger partial charge >= 0.3 is 6.09 Å². The van der Waals surface area contributed by atoms with Crippen LogP contribution in [-0.4, -0.2) is 44.7 Å². The van der Waals surface area contributed by atoms with E-state index in [-0.39, 0.29) is 17.6 Å².